The summed E-state index contributed by atoms with van der Waals surface area (Å²) in [6, 6.07) is 8.66. The van der Waals surface area contributed by atoms with Crippen molar-refractivity contribution in [2.75, 3.05) is 7.11 Å². The highest BCUT2D eigenvalue weighted by molar-refractivity contribution is 9.10. The van der Waals surface area contributed by atoms with Crippen LogP contribution in [0.25, 0.3) is 0 Å². The van der Waals surface area contributed by atoms with Crippen molar-refractivity contribution in [2.24, 2.45) is 0 Å². The normalized spacial score (nSPS) is 10.2. The molecule has 0 aromatic heterocycles. The number of nitro benzene ring substituents is 1. The fraction of sp³-hybridized carbons (Fsp3) is 0.143. The first-order valence-electron chi connectivity index (χ1n) is 5.90. The van der Waals surface area contributed by atoms with E-state index in [9.17, 15) is 14.5 Å². The van der Waals surface area contributed by atoms with Crippen LogP contribution in [0.5, 0.6) is 11.5 Å². The third kappa shape index (κ3) is 3.91. The van der Waals surface area contributed by atoms with E-state index in [1.807, 2.05) is 0 Å². The number of nitrogens with zero attached hydrogens (tertiary/aromatic N) is 1. The number of hydrogen-bond acceptors (Lipinski definition) is 4. The van der Waals surface area contributed by atoms with E-state index in [0.29, 0.717) is 15.8 Å². The average Bonchev–Trinajstić information content (AvgIpc) is 2.43. The van der Waals surface area contributed by atoms with Gasteiger partial charge in [-0.15, -0.1) is 0 Å². The molecule has 0 aliphatic heterocycles. The number of benzene rings is 2. The lowest BCUT2D eigenvalue weighted by Crippen LogP contribution is -1.98. The summed E-state index contributed by atoms with van der Waals surface area (Å²) in [5.74, 6) is 0.0763. The number of ether oxygens (including phenoxy) is 2. The van der Waals surface area contributed by atoms with E-state index >= 15 is 0 Å². The molecule has 0 unspecified atom stereocenters. The number of hydrogen-bond donors (Lipinski definition) is 0. The van der Waals surface area contributed by atoms with Crippen LogP contribution in [0.3, 0.4) is 0 Å². The summed E-state index contributed by atoms with van der Waals surface area (Å²) in [6.07, 6.45) is 0. The van der Waals surface area contributed by atoms with Gasteiger partial charge in [0.2, 0.25) is 0 Å². The first kappa shape index (κ1) is 15.2. The van der Waals surface area contributed by atoms with Crippen LogP contribution in [-0.2, 0) is 6.61 Å². The molecule has 110 valence electrons. The van der Waals surface area contributed by atoms with Crippen molar-refractivity contribution >= 4 is 21.6 Å². The van der Waals surface area contributed by atoms with E-state index in [1.165, 1.54) is 31.4 Å². The zero-order valence-corrected chi connectivity index (χ0v) is 12.6. The summed E-state index contributed by atoms with van der Waals surface area (Å²) < 4.78 is 24.2. The zero-order chi connectivity index (χ0) is 15.4. The topological polar surface area (TPSA) is 61.6 Å². The van der Waals surface area contributed by atoms with Crippen LogP contribution < -0.4 is 9.47 Å². The molecule has 0 amide bonds. The lowest BCUT2D eigenvalue weighted by Gasteiger charge is -2.08. The standard InChI is InChI=1S/C14H11BrFNO4/c1-20-14-3-2-12(7-13(14)17(18)19)21-8-9-4-10(15)6-11(16)5-9/h2-7H,8H2,1H3. The minimum Gasteiger partial charge on any atom is -0.490 e. The highest BCUT2D eigenvalue weighted by atomic mass is 79.9. The SMILES string of the molecule is COc1ccc(OCc2cc(F)cc(Br)c2)cc1[N+](=O)[O-]. The highest BCUT2D eigenvalue weighted by Gasteiger charge is 2.15. The van der Waals surface area contributed by atoms with Gasteiger partial charge in [0.15, 0.2) is 5.75 Å². The van der Waals surface area contributed by atoms with Crippen molar-refractivity contribution in [2.45, 2.75) is 6.61 Å². The fourth-order valence-electron chi connectivity index (χ4n) is 1.76. The van der Waals surface area contributed by atoms with Crippen LogP contribution in [-0.4, -0.2) is 12.0 Å². The molecule has 0 bridgehead atoms. The van der Waals surface area contributed by atoms with Gasteiger partial charge in [-0.1, -0.05) is 15.9 Å². The number of methoxy groups -OCH3 is 1. The molecule has 0 saturated carbocycles. The quantitative estimate of drug-likeness (QED) is 0.598. The van der Waals surface area contributed by atoms with Gasteiger partial charge in [0.25, 0.3) is 0 Å². The molecule has 0 atom stereocenters. The van der Waals surface area contributed by atoms with Gasteiger partial charge in [-0.05, 0) is 35.9 Å². The molecule has 0 radical (unpaired) electrons. The first-order valence-corrected chi connectivity index (χ1v) is 6.69. The van der Waals surface area contributed by atoms with E-state index < -0.39 is 4.92 Å². The Bertz CT molecular complexity index is 658. The summed E-state index contributed by atoms with van der Waals surface area (Å²) in [4.78, 5) is 10.4. The number of rotatable bonds is 5. The predicted molar refractivity (Wildman–Crippen MR) is 78.1 cm³/mol. The summed E-state index contributed by atoms with van der Waals surface area (Å²) in [5, 5.41) is 10.9. The van der Waals surface area contributed by atoms with Crippen molar-refractivity contribution in [1.29, 1.82) is 0 Å². The summed E-state index contributed by atoms with van der Waals surface area (Å²) in [7, 11) is 1.35. The maximum Gasteiger partial charge on any atom is 0.314 e. The van der Waals surface area contributed by atoms with Gasteiger partial charge in [0.1, 0.15) is 18.2 Å². The smallest absolute Gasteiger partial charge is 0.314 e. The van der Waals surface area contributed by atoms with Gasteiger partial charge < -0.3 is 9.47 Å². The average molecular weight is 356 g/mol. The molecule has 0 heterocycles. The maximum atomic E-state index is 13.2. The summed E-state index contributed by atoms with van der Waals surface area (Å²) in [6.45, 7) is 0.0971. The van der Waals surface area contributed by atoms with Gasteiger partial charge in [-0.25, -0.2) is 4.39 Å². The lowest BCUT2D eigenvalue weighted by atomic mass is 10.2. The van der Waals surface area contributed by atoms with Gasteiger partial charge in [0, 0.05) is 4.47 Å². The lowest BCUT2D eigenvalue weighted by molar-refractivity contribution is -0.385. The molecule has 2 rings (SSSR count). The van der Waals surface area contributed by atoms with Crippen molar-refractivity contribution in [3.63, 3.8) is 0 Å². The van der Waals surface area contributed by atoms with Gasteiger partial charge in [0.05, 0.1) is 18.1 Å². The molecule has 5 nitrogen and oxygen atoms in total. The molecule has 0 saturated heterocycles. The zero-order valence-electron chi connectivity index (χ0n) is 11.0. The third-order valence-corrected chi connectivity index (χ3v) is 3.13. The van der Waals surface area contributed by atoms with Crippen molar-refractivity contribution in [1.82, 2.24) is 0 Å². The van der Waals surface area contributed by atoms with Crippen molar-refractivity contribution in [3.05, 3.63) is 62.4 Å². The third-order valence-electron chi connectivity index (χ3n) is 2.67. The van der Waals surface area contributed by atoms with Gasteiger partial charge >= 0.3 is 5.69 Å². The molecule has 0 N–H and O–H groups in total. The first-order chi connectivity index (χ1) is 9.99. The molecule has 0 aliphatic carbocycles. The largest absolute Gasteiger partial charge is 0.490 e. The second kappa shape index (κ2) is 6.53. The van der Waals surface area contributed by atoms with E-state index in [0.717, 1.165) is 0 Å². The number of halogens is 2. The molecule has 0 fully saturated rings. The van der Waals surface area contributed by atoms with Crippen LogP contribution in [0.1, 0.15) is 5.56 Å². The molecule has 7 heteroatoms. The van der Waals surface area contributed by atoms with Crippen molar-refractivity contribution < 1.29 is 18.8 Å². The van der Waals surface area contributed by atoms with Crippen molar-refractivity contribution in [3.8, 4) is 11.5 Å². The molecule has 0 aliphatic rings. The van der Waals surface area contributed by atoms with Crippen LogP contribution in [0, 0.1) is 15.9 Å². The highest BCUT2D eigenvalue weighted by Crippen LogP contribution is 2.31. The van der Waals surface area contributed by atoms with Crippen LogP contribution in [0.4, 0.5) is 10.1 Å². The molecule has 21 heavy (non-hydrogen) atoms. The minimum atomic E-state index is -0.551. The van der Waals surface area contributed by atoms with Crippen LogP contribution in [0.2, 0.25) is 0 Å². The molecule has 0 spiro atoms. The van der Waals surface area contributed by atoms with Crippen LogP contribution in [0.15, 0.2) is 40.9 Å². The van der Waals surface area contributed by atoms with E-state index in [1.54, 1.807) is 12.1 Å². The summed E-state index contributed by atoms with van der Waals surface area (Å²) >= 11 is 3.19. The second-order valence-corrected chi connectivity index (χ2v) is 5.07. The fourth-order valence-corrected chi connectivity index (χ4v) is 2.28. The van der Waals surface area contributed by atoms with Gasteiger partial charge in [-0.2, -0.15) is 0 Å². The van der Waals surface area contributed by atoms with E-state index in [2.05, 4.69) is 15.9 Å². The number of nitro groups is 1. The Morgan fingerprint density at radius 2 is 2.05 bits per heavy atom. The Balaban J connectivity index is 2.16. The Hall–Kier alpha value is -2.15. The van der Waals surface area contributed by atoms with Crippen LogP contribution >= 0.6 is 15.9 Å². The minimum absolute atomic E-state index is 0.0971. The van der Waals surface area contributed by atoms with Gasteiger partial charge in [-0.3, -0.25) is 10.1 Å². The molecule has 2 aromatic carbocycles. The Morgan fingerprint density at radius 1 is 1.29 bits per heavy atom. The molecule has 2 aromatic rings. The Kier molecular flexibility index (Phi) is 4.74. The summed E-state index contributed by atoms with van der Waals surface area (Å²) in [5.41, 5.74) is 0.427. The van der Waals surface area contributed by atoms with E-state index in [-0.39, 0.29) is 23.9 Å². The predicted octanol–water partition coefficient (Wildman–Crippen LogP) is 4.08. The maximum absolute atomic E-state index is 13.2. The monoisotopic (exact) mass is 355 g/mol. The van der Waals surface area contributed by atoms with E-state index in [4.69, 9.17) is 9.47 Å². The Labute approximate surface area is 128 Å². The Morgan fingerprint density at radius 3 is 2.67 bits per heavy atom. The molecular formula is C14H11BrFNO4. The second-order valence-electron chi connectivity index (χ2n) is 4.16. The molecular weight excluding hydrogens is 345 g/mol.